The minimum absolute atomic E-state index is 0.182. The highest BCUT2D eigenvalue weighted by molar-refractivity contribution is 5.81. The lowest BCUT2D eigenvalue weighted by atomic mass is 9.91. The smallest absolute Gasteiger partial charge is 0.230 e. The molecule has 0 aromatic heterocycles. The molecular weight excluding hydrogens is 358 g/mol. The maximum absolute atomic E-state index is 13.2. The van der Waals surface area contributed by atoms with Crippen LogP contribution in [0.25, 0.3) is 0 Å². The van der Waals surface area contributed by atoms with Gasteiger partial charge in [0.2, 0.25) is 5.91 Å². The normalized spacial score (nSPS) is 24.7. The molecule has 0 spiro atoms. The molecular formula is C25H39N3O. The first kappa shape index (κ1) is 24.8. The molecule has 0 aromatic rings. The number of nitrogens with one attached hydrogen (secondary N) is 1. The maximum atomic E-state index is 13.2. The highest BCUT2D eigenvalue weighted by atomic mass is 16.2. The molecule has 0 saturated heterocycles. The molecule has 4 heteroatoms. The van der Waals surface area contributed by atoms with E-state index in [0.717, 1.165) is 49.1 Å². The van der Waals surface area contributed by atoms with Gasteiger partial charge in [0.1, 0.15) is 0 Å². The Morgan fingerprint density at radius 2 is 2.14 bits per heavy atom. The first-order valence-corrected chi connectivity index (χ1v) is 10.8. The van der Waals surface area contributed by atoms with Gasteiger partial charge in [0.05, 0.1) is 5.92 Å². The molecule has 1 heterocycles. The molecule has 0 bridgehead atoms. The van der Waals surface area contributed by atoms with Crippen LogP contribution in [0.4, 0.5) is 0 Å². The van der Waals surface area contributed by atoms with E-state index in [1.807, 2.05) is 50.2 Å². The molecule has 0 saturated carbocycles. The van der Waals surface area contributed by atoms with E-state index in [2.05, 4.69) is 49.5 Å². The number of carbonyl (C=O) groups is 1. The third-order valence-corrected chi connectivity index (χ3v) is 5.28. The molecule has 0 radical (unpaired) electrons. The van der Waals surface area contributed by atoms with E-state index >= 15 is 0 Å². The SMILES string of the molecule is C=C1C[C@H](C)N(C)C[C@H](C(=O)N(CC)CCC)/C=C/C(=C/C#CCC)C/1=C/NC. The summed E-state index contributed by atoms with van der Waals surface area (Å²) >= 11 is 0. The van der Waals surface area contributed by atoms with Gasteiger partial charge < -0.3 is 15.1 Å². The average molecular weight is 398 g/mol. The number of hydrogen-bond acceptors (Lipinski definition) is 3. The minimum Gasteiger partial charge on any atom is -0.393 e. The molecule has 1 N–H and O–H groups in total. The van der Waals surface area contributed by atoms with E-state index in [1.54, 1.807) is 0 Å². The van der Waals surface area contributed by atoms with Crippen LogP contribution in [-0.4, -0.2) is 55.5 Å². The number of amides is 1. The van der Waals surface area contributed by atoms with Crippen LogP contribution in [0.2, 0.25) is 0 Å². The van der Waals surface area contributed by atoms with Gasteiger partial charge in [-0.05, 0) is 51.0 Å². The lowest BCUT2D eigenvalue weighted by Crippen LogP contribution is -2.42. The number of hydrogen-bond donors (Lipinski definition) is 1. The Balaban J connectivity index is 3.43. The Bertz CT molecular complexity index is 705. The Morgan fingerprint density at radius 1 is 1.41 bits per heavy atom. The summed E-state index contributed by atoms with van der Waals surface area (Å²) in [5.74, 6) is 6.26. The van der Waals surface area contributed by atoms with E-state index in [-0.39, 0.29) is 17.9 Å². The Hall–Kier alpha value is -2.25. The third-order valence-electron chi connectivity index (χ3n) is 5.28. The summed E-state index contributed by atoms with van der Waals surface area (Å²) in [5.41, 5.74) is 3.11. The van der Waals surface area contributed by atoms with Gasteiger partial charge in [0.15, 0.2) is 0 Å². The summed E-state index contributed by atoms with van der Waals surface area (Å²) in [6, 6.07) is 0.286. The standard InChI is InChI=1S/C25H39N3O/c1-8-11-12-13-22-14-15-23(25(29)28(10-3)16-9-2)19-27(7)21(5)17-20(4)24(22)18-26-6/h13-15,18,21,23,26H,4,8-10,16-17,19H2,1-3,5-7H3/b15-14+,22-13-,24-18+/t21-,23+/m0/s1. The molecule has 4 nitrogen and oxygen atoms in total. The summed E-state index contributed by atoms with van der Waals surface area (Å²) in [6.07, 6.45) is 10.6. The summed E-state index contributed by atoms with van der Waals surface area (Å²) in [4.78, 5) is 17.5. The number of nitrogens with zero attached hydrogens (tertiary/aromatic N) is 2. The summed E-state index contributed by atoms with van der Waals surface area (Å²) in [6.45, 7) is 15.0. The van der Waals surface area contributed by atoms with Crippen LogP contribution < -0.4 is 5.32 Å². The number of carbonyl (C=O) groups excluding carboxylic acids is 1. The molecule has 1 aliphatic rings. The van der Waals surface area contributed by atoms with Crippen LogP contribution in [0.5, 0.6) is 0 Å². The van der Waals surface area contributed by atoms with Crippen molar-refractivity contribution in [3.8, 4) is 11.8 Å². The van der Waals surface area contributed by atoms with Gasteiger partial charge >= 0.3 is 0 Å². The summed E-state index contributed by atoms with van der Waals surface area (Å²) < 4.78 is 0. The van der Waals surface area contributed by atoms with Gasteiger partial charge in [-0.15, -0.1) is 0 Å². The fourth-order valence-electron chi connectivity index (χ4n) is 3.46. The van der Waals surface area contributed by atoms with Crippen molar-refractivity contribution >= 4 is 5.91 Å². The van der Waals surface area contributed by atoms with Crippen molar-refractivity contribution in [2.45, 2.75) is 53.0 Å². The van der Waals surface area contributed by atoms with Crippen molar-refractivity contribution in [3.05, 3.63) is 47.7 Å². The zero-order chi connectivity index (χ0) is 21.8. The Kier molecular flexibility index (Phi) is 11.2. The minimum atomic E-state index is -0.182. The zero-order valence-electron chi connectivity index (χ0n) is 19.2. The number of rotatable bonds is 5. The second-order valence-corrected chi connectivity index (χ2v) is 7.60. The summed E-state index contributed by atoms with van der Waals surface area (Å²) in [5, 5.41) is 3.14. The second kappa shape index (κ2) is 13.1. The molecule has 0 aromatic carbocycles. The van der Waals surface area contributed by atoms with Crippen molar-refractivity contribution < 1.29 is 4.79 Å². The van der Waals surface area contributed by atoms with Gasteiger partial charge in [0, 0.05) is 50.9 Å². The second-order valence-electron chi connectivity index (χ2n) is 7.60. The zero-order valence-corrected chi connectivity index (χ0v) is 19.2. The van der Waals surface area contributed by atoms with Crippen molar-refractivity contribution in [1.82, 2.24) is 15.1 Å². The molecule has 0 aliphatic carbocycles. The Labute approximate surface area is 178 Å². The molecule has 1 aliphatic heterocycles. The fourth-order valence-corrected chi connectivity index (χ4v) is 3.46. The molecule has 29 heavy (non-hydrogen) atoms. The van der Waals surface area contributed by atoms with Crippen LogP contribution >= 0.6 is 0 Å². The highest BCUT2D eigenvalue weighted by Crippen LogP contribution is 2.26. The lowest BCUT2D eigenvalue weighted by Gasteiger charge is -2.32. The lowest BCUT2D eigenvalue weighted by molar-refractivity contribution is -0.134. The van der Waals surface area contributed by atoms with Crippen LogP contribution in [-0.2, 0) is 4.79 Å². The third kappa shape index (κ3) is 7.59. The number of allylic oxidation sites excluding steroid dienone is 4. The largest absolute Gasteiger partial charge is 0.393 e. The van der Waals surface area contributed by atoms with Gasteiger partial charge in [-0.1, -0.05) is 44.4 Å². The predicted octanol–water partition coefficient (Wildman–Crippen LogP) is 4.14. The van der Waals surface area contributed by atoms with Crippen molar-refractivity contribution in [3.63, 3.8) is 0 Å². The fraction of sp³-hybridized carbons (Fsp3) is 0.560. The van der Waals surface area contributed by atoms with Gasteiger partial charge in [0.25, 0.3) is 0 Å². The van der Waals surface area contributed by atoms with Crippen LogP contribution in [0.1, 0.15) is 47.0 Å². The van der Waals surface area contributed by atoms with Crippen LogP contribution in [0, 0.1) is 17.8 Å². The van der Waals surface area contributed by atoms with Crippen molar-refractivity contribution in [2.24, 2.45) is 5.92 Å². The van der Waals surface area contributed by atoms with E-state index in [0.29, 0.717) is 6.54 Å². The van der Waals surface area contributed by atoms with Gasteiger partial charge in [-0.3, -0.25) is 4.79 Å². The van der Waals surface area contributed by atoms with Gasteiger partial charge in [-0.25, -0.2) is 0 Å². The van der Waals surface area contributed by atoms with E-state index in [9.17, 15) is 4.79 Å². The summed E-state index contributed by atoms with van der Waals surface area (Å²) in [7, 11) is 3.98. The van der Waals surface area contributed by atoms with Crippen LogP contribution in [0.15, 0.2) is 47.7 Å². The molecule has 1 rings (SSSR count). The molecule has 2 atom stereocenters. The molecule has 160 valence electrons. The topological polar surface area (TPSA) is 35.6 Å². The van der Waals surface area contributed by atoms with E-state index < -0.39 is 0 Å². The predicted molar refractivity (Wildman–Crippen MR) is 124 cm³/mol. The highest BCUT2D eigenvalue weighted by Gasteiger charge is 2.25. The molecule has 0 fully saturated rings. The quantitative estimate of drug-likeness (QED) is 0.708. The van der Waals surface area contributed by atoms with Crippen molar-refractivity contribution in [1.29, 1.82) is 0 Å². The monoisotopic (exact) mass is 397 g/mol. The molecule has 1 amide bonds. The van der Waals surface area contributed by atoms with Crippen molar-refractivity contribution in [2.75, 3.05) is 33.7 Å². The maximum Gasteiger partial charge on any atom is 0.230 e. The van der Waals surface area contributed by atoms with Gasteiger partial charge in [-0.2, -0.15) is 0 Å². The van der Waals surface area contributed by atoms with E-state index in [4.69, 9.17) is 0 Å². The average Bonchev–Trinajstić information content (AvgIpc) is 2.70. The van der Waals surface area contributed by atoms with E-state index in [1.165, 1.54) is 0 Å². The molecule has 0 unspecified atom stereocenters. The van der Waals surface area contributed by atoms with Crippen LogP contribution in [0.3, 0.4) is 0 Å². The first-order chi connectivity index (χ1) is 13.9. The first-order valence-electron chi connectivity index (χ1n) is 10.8. The Morgan fingerprint density at radius 3 is 2.72 bits per heavy atom.